The van der Waals surface area contributed by atoms with Crippen LogP contribution in [0, 0.1) is 0 Å². The van der Waals surface area contributed by atoms with Gasteiger partial charge in [-0.05, 0) is 17.6 Å². The zero-order valence-electron chi connectivity index (χ0n) is 7.99. The largest absolute Gasteiger partial charge is 0.134 e. The molecule has 0 spiro atoms. The lowest BCUT2D eigenvalue weighted by Gasteiger charge is -2.38. The van der Waals surface area contributed by atoms with Gasteiger partial charge >= 0.3 is 0 Å². The van der Waals surface area contributed by atoms with Crippen LogP contribution in [-0.4, -0.2) is 12.9 Å². The van der Waals surface area contributed by atoms with Crippen molar-refractivity contribution in [3.05, 3.63) is 0 Å². The Kier molecular flexibility index (Phi) is 3.58. The van der Waals surface area contributed by atoms with Crippen LogP contribution in [0.4, 0.5) is 0 Å². The fraction of sp³-hybridized carbons (Fsp3) is 1.00. The molecular formula is C8H21PSi. The molecule has 0 fully saturated rings. The average molecular weight is 176 g/mol. The average Bonchev–Trinajstić information content (AvgIpc) is 1.84. The van der Waals surface area contributed by atoms with Crippen LogP contribution in [0.5, 0.6) is 0 Å². The molecule has 0 saturated carbocycles. The van der Waals surface area contributed by atoms with Gasteiger partial charge < -0.3 is 0 Å². The third-order valence-corrected chi connectivity index (χ3v) is 9.86. The van der Waals surface area contributed by atoms with Gasteiger partial charge in [0.2, 0.25) is 0 Å². The standard InChI is InChI=1S/C8H21PSi/c1-6-8(9,7-2)10(3,4)5/h6-7,9H2,1-5H3. The van der Waals surface area contributed by atoms with Crippen molar-refractivity contribution in [1.82, 2.24) is 0 Å². The molecule has 0 aliphatic carbocycles. The predicted octanol–water partition coefficient (Wildman–Crippen LogP) is 3.30. The van der Waals surface area contributed by atoms with E-state index in [2.05, 4.69) is 42.7 Å². The minimum atomic E-state index is -0.948. The number of hydrogen-bond acceptors (Lipinski definition) is 0. The summed E-state index contributed by atoms with van der Waals surface area (Å²) in [7, 11) is 2.13. The van der Waals surface area contributed by atoms with E-state index in [0.717, 1.165) is 0 Å². The Morgan fingerprint density at radius 1 is 1.10 bits per heavy atom. The summed E-state index contributed by atoms with van der Waals surface area (Å²) < 4.78 is 0.576. The van der Waals surface area contributed by atoms with Gasteiger partial charge in [0.25, 0.3) is 0 Å². The molecule has 62 valence electrons. The second kappa shape index (κ2) is 3.36. The van der Waals surface area contributed by atoms with E-state index in [1.807, 2.05) is 0 Å². The molecule has 0 heterocycles. The van der Waals surface area contributed by atoms with Crippen molar-refractivity contribution >= 4 is 17.3 Å². The zero-order valence-corrected chi connectivity index (χ0v) is 10.1. The van der Waals surface area contributed by atoms with E-state index in [1.54, 1.807) is 0 Å². The molecule has 1 atom stereocenters. The number of rotatable bonds is 3. The summed E-state index contributed by atoms with van der Waals surface area (Å²) in [6.07, 6.45) is 2.62. The van der Waals surface area contributed by atoms with Crippen LogP contribution in [0.3, 0.4) is 0 Å². The molecule has 0 rings (SSSR count). The minimum Gasteiger partial charge on any atom is -0.134 e. The van der Waals surface area contributed by atoms with Crippen LogP contribution >= 0.6 is 9.24 Å². The molecule has 0 saturated heterocycles. The summed E-state index contributed by atoms with van der Waals surface area (Å²) in [6, 6.07) is 0. The molecule has 0 aliphatic heterocycles. The highest BCUT2D eigenvalue weighted by Crippen LogP contribution is 2.36. The number of hydrogen-bond donors (Lipinski definition) is 0. The van der Waals surface area contributed by atoms with Crippen molar-refractivity contribution in [2.75, 3.05) is 0 Å². The predicted molar refractivity (Wildman–Crippen MR) is 56.4 cm³/mol. The monoisotopic (exact) mass is 176 g/mol. The van der Waals surface area contributed by atoms with E-state index in [1.165, 1.54) is 12.8 Å². The summed E-state index contributed by atoms with van der Waals surface area (Å²) in [4.78, 5) is 0. The molecule has 0 aromatic heterocycles. The van der Waals surface area contributed by atoms with Gasteiger partial charge in [0.1, 0.15) is 0 Å². The highest BCUT2D eigenvalue weighted by atomic mass is 31.0. The van der Waals surface area contributed by atoms with Crippen LogP contribution in [0.25, 0.3) is 0 Å². The van der Waals surface area contributed by atoms with Crippen molar-refractivity contribution in [3.63, 3.8) is 0 Å². The Morgan fingerprint density at radius 2 is 1.40 bits per heavy atom. The molecule has 1 unspecified atom stereocenters. The van der Waals surface area contributed by atoms with Crippen molar-refractivity contribution < 1.29 is 0 Å². The topological polar surface area (TPSA) is 0 Å². The lowest BCUT2D eigenvalue weighted by Crippen LogP contribution is -2.46. The van der Waals surface area contributed by atoms with Crippen molar-refractivity contribution in [3.8, 4) is 0 Å². The second-order valence-electron chi connectivity index (χ2n) is 4.11. The maximum absolute atomic E-state index is 3.08. The van der Waals surface area contributed by atoms with Gasteiger partial charge in [-0.15, -0.1) is 9.24 Å². The third-order valence-electron chi connectivity index (χ3n) is 2.76. The molecule has 2 heteroatoms. The van der Waals surface area contributed by atoms with Gasteiger partial charge in [0, 0.05) is 0 Å². The van der Waals surface area contributed by atoms with Gasteiger partial charge in [0.15, 0.2) is 0 Å². The maximum atomic E-state index is 3.08. The molecule has 10 heavy (non-hydrogen) atoms. The molecule has 0 radical (unpaired) electrons. The summed E-state index contributed by atoms with van der Waals surface area (Å²) in [5.74, 6) is 0. The Hall–Kier alpha value is 0.647. The summed E-state index contributed by atoms with van der Waals surface area (Å²) in [5.41, 5.74) is 0. The van der Waals surface area contributed by atoms with Crippen LogP contribution in [0.1, 0.15) is 26.7 Å². The lowest BCUT2D eigenvalue weighted by atomic mass is 10.2. The fourth-order valence-electron chi connectivity index (χ4n) is 1.31. The summed E-state index contributed by atoms with van der Waals surface area (Å²) in [5, 5.41) is 0. The summed E-state index contributed by atoms with van der Waals surface area (Å²) in [6.45, 7) is 12.0. The Labute approximate surface area is 69.0 Å². The molecule has 0 aromatic carbocycles. The third kappa shape index (κ3) is 2.07. The van der Waals surface area contributed by atoms with E-state index in [4.69, 9.17) is 0 Å². The lowest BCUT2D eigenvalue weighted by molar-refractivity contribution is 0.696. The minimum absolute atomic E-state index is 0.576. The van der Waals surface area contributed by atoms with E-state index in [0.29, 0.717) is 4.78 Å². The van der Waals surface area contributed by atoms with E-state index >= 15 is 0 Å². The Balaban J connectivity index is 4.33. The first kappa shape index (κ1) is 10.6. The van der Waals surface area contributed by atoms with E-state index in [9.17, 15) is 0 Å². The highest BCUT2D eigenvalue weighted by molar-refractivity contribution is 7.26. The van der Waals surface area contributed by atoms with Crippen LogP contribution in [0.15, 0.2) is 0 Å². The van der Waals surface area contributed by atoms with Crippen molar-refractivity contribution in [1.29, 1.82) is 0 Å². The van der Waals surface area contributed by atoms with Gasteiger partial charge in [-0.2, -0.15) is 0 Å². The smallest absolute Gasteiger partial charge is 0.0549 e. The SMILES string of the molecule is CCC(P)(CC)[Si](C)(C)C. The molecule has 0 N–H and O–H groups in total. The molecule has 0 bridgehead atoms. The van der Waals surface area contributed by atoms with E-state index in [-0.39, 0.29) is 0 Å². The Morgan fingerprint density at radius 3 is 1.40 bits per heavy atom. The first-order valence-electron chi connectivity index (χ1n) is 4.16. The van der Waals surface area contributed by atoms with Crippen molar-refractivity contribution in [2.45, 2.75) is 51.1 Å². The molecule has 0 aromatic rings. The molecule has 0 nitrogen and oxygen atoms in total. The maximum Gasteiger partial charge on any atom is 0.0549 e. The summed E-state index contributed by atoms with van der Waals surface area (Å²) >= 11 is 0. The second-order valence-corrected chi connectivity index (χ2v) is 11.3. The fourth-order valence-corrected chi connectivity index (χ4v) is 3.43. The van der Waals surface area contributed by atoms with Crippen LogP contribution < -0.4 is 0 Å². The van der Waals surface area contributed by atoms with Gasteiger partial charge in [-0.25, -0.2) is 0 Å². The quantitative estimate of drug-likeness (QED) is 0.457. The zero-order chi connectivity index (χ0) is 8.41. The van der Waals surface area contributed by atoms with Gasteiger partial charge in [0.05, 0.1) is 8.07 Å². The first-order valence-corrected chi connectivity index (χ1v) is 8.24. The molecular weight excluding hydrogens is 155 g/mol. The van der Waals surface area contributed by atoms with Crippen molar-refractivity contribution in [2.24, 2.45) is 0 Å². The first-order chi connectivity index (χ1) is 4.37. The normalized spacial score (nSPS) is 13.8. The van der Waals surface area contributed by atoms with E-state index < -0.39 is 8.07 Å². The Bertz CT molecular complexity index is 100. The molecule has 0 amide bonds. The highest BCUT2D eigenvalue weighted by Gasteiger charge is 2.35. The van der Waals surface area contributed by atoms with Crippen LogP contribution in [0.2, 0.25) is 19.6 Å². The molecule has 0 aliphatic rings. The van der Waals surface area contributed by atoms with Gasteiger partial charge in [-0.1, -0.05) is 33.5 Å². The van der Waals surface area contributed by atoms with Crippen LogP contribution in [-0.2, 0) is 0 Å². The van der Waals surface area contributed by atoms with Gasteiger partial charge in [-0.3, -0.25) is 0 Å².